The van der Waals surface area contributed by atoms with Gasteiger partial charge in [-0.05, 0) is 30.7 Å². The molecule has 2 N–H and O–H groups in total. The van der Waals surface area contributed by atoms with Crippen molar-refractivity contribution in [1.29, 1.82) is 0 Å². The monoisotopic (exact) mass is 350 g/mol. The zero-order valence-corrected chi connectivity index (χ0v) is 14.0. The van der Waals surface area contributed by atoms with Crippen molar-refractivity contribution >= 4 is 34.4 Å². The molecule has 0 fully saturated rings. The Morgan fingerprint density at radius 1 is 1.38 bits per heavy atom. The number of amides is 1. The summed E-state index contributed by atoms with van der Waals surface area (Å²) in [4.78, 5) is 27.3. The number of aliphatic carboxylic acids is 1. The van der Waals surface area contributed by atoms with Gasteiger partial charge in [-0.2, -0.15) is 0 Å². The van der Waals surface area contributed by atoms with Gasteiger partial charge in [-0.3, -0.25) is 9.78 Å². The number of benzene rings is 1. The van der Waals surface area contributed by atoms with Crippen LogP contribution < -0.4 is 10.1 Å². The van der Waals surface area contributed by atoms with Crippen LogP contribution in [0.2, 0.25) is 5.02 Å². The fourth-order valence-corrected chi connectivity index (χ4v) is 2.49. The van der Waals surface area contributed by atoms with Crippen LogP contribution in [-0.4, -0.2) is 34.6 Å². The van der Waals surface area contributed by atoms with E-state index in [9.17, 15) is 9.59 Å². The summed E-state index contributed by atoms with van der Waals surface area (Å²) in [6, 6.07) is 5.97. The van der Waals surface area contributed by atoms with E-state index >= 15 is 0 Å². The van der Waals surface area contributed by atoms with Crippen molar-refractivity contribution in [2.45, 2.75) is 32.2 Å². The van der Waals surface area contributed by atoms with Crippen molar-refractivity contribution in [3.8, 4) is 5.75 Å². The normalized spacial score (nSPS) is 11.9. The van der Waals surface area contributed by atoms with E-state index in [1.807, 2.05) is 13.0 Å². The van der Waals surface area contributed by atoms with E-state index in [4.69, 9.17) is 21.4 Å². The first-order chi connectivity index (χ1) is 11.5. The van der Waals surface area contributed by atoms with E-state index in [0.717, 1.165) is 18.2 Å². The maximum atomic E-state index is 12.0. The number of carboxylic acids is 1. The zero-order valence-electron chi connectivity index (χ0n) is 13.3. The van der Waals surface area contributed by atoms with Crippen LogP contribution in [0.5, 0.6) is 5.75 Å². The molecule has 0 unspecified atom stereocenters. The summed E-state index contributed by atoms with van der Waals surface area (Å²) in [6.45, 7) is 1.67. The molecule has 2 rings (SSSR count). The number of unbranched alkanes of at least 4 members (excludes halogenated alkanes) is 1. The molecule has 1 heterocycles. The van der Waals surface area contributed by atoms with Gasteiger partial charge >= 0.3 is 5.97 Å². The highest BCUT2D eigenvalue weighted by molar-refractivity contribution is 6.35. The number of rotatable bonds is 8. The van der Waals surface area contributed by atoms with Crippen LogP contribution in [0, 0.1) is 0 Å². The van der Waals surface area contributed by atoms with Gasteiger partial charge in [-0.25, -0.2) is 4.79 Å². The van der Waals surface area contributed by atoms with Gasteiger partial charge < -0.3 is 15.2 Å². The van der Waals surface area contributed by atoms with E-state index in [-0.39, 0.29) is 6.61 Å². The highest BCUT2D eigenvalue weighted by Crippen LogP contribution is 2.29. The second kappa shape index (κ2) is 8.49. The standard InChI is InChI=1S/C17H19ClN2O4/c1-2-3-6-13(17(22)23)20-15(21)10-24-14-8-7-12(18)11-5-4-9-19-16(11)14/h4-5,7-9,13H,2-3,6,10H2,1H3,(H,20,21)(H,22,23)/t13-/m0/s1. The van der Waals surface area contributed by atoms with Crippen LogP contribution in [-0.2, 0) is 9.59 Å². The predicted molar refractivity (Wildman–Crippen MR) is 91.3 cm³/mol. The number of ether oxygens (including phenoxy) is 1. The first-order valence-corrected chi connectivity index (χ1v) is 8.09. The first-order valence-electron chi connectivity index (χ1n) is 7.71. The lowest BCUT2D eigenvalue weighted by molar-refractivity contribution is -0.142. The summed E-state index contributed by atoms with van der Waals surface area (Å²) in [7, 11) is 0. The molecule has 2 aromatic rings. The Labute approximate surface area is 144 Å². The van der Waals surface area contributed by atoms with Crippen molar-refractivity contribution in [1.82, 2.24) is 10.3 Å². The van der Waals surface area contributed by atoms with Gasteiger partial charge in [0.25, 0.3) is 5.91 Å². The number of halogens is 1. The first kappa shape index (κ1) is 18.0. The molecule has 1 aromatic carbocycles. The summed E-state index contributed by atoms with van der Waals surface area (Å²) >= 11 is 6.10. The molecule has 0 bridgehead atoms. The quantitative estimate of drug-likeness (QED) is 0.764. The predicted octanol–water partition coefficient (Wildman–Crippen LogP) is 3.03. The van der Waals surface area contributed by atoms with E-state index in [2.05, 4.69) is 10.3 Å². The summed E-state index contributed by atoms with van der Waals surface area (Å²) in [5.74, 6) is -1.11. The molecule has 0 saturated heterocycles. The number of aromatic nitrogens is 1. The Balaban J connectivity index is 2.01. The largest absolute Gasteiger partial charge is 0.481 e. The molecule has 1 amide bonds. The average molecular weight is 351 g/mol. The minimum Gasteiger partial charge on any atom is -0.481 e. The van der Waals surface area contributed by atoms with E-state index < -0.39 is 17.9 Å². The van der Waals surface area contributed by atoms with Crippen molar-refractivity contribution in [3.63, 3.8) is 0 Å². The molecule has 0 spiro atoms. The third-order valence-electron chi connectivity index (χ3n) is 3.52. The van der Waals surface area contributed by atoms with Crippen LogP contribution in [0.15, 0.2) is 30.5 Å². The van der Waals surface area contributed by atoms with Crippen LogP contribution in [0.25, 0.3) is 10.9 Å². The highest BCUT2D eigenvalue weighted by Gasteiger charge is 2.19. The maximum Gasteiger partial charge on any atom is 0.326 e. The van der Waals surface area contributed by atoms with Gasteiger partial charge in [0.15, 0.2) is 6.61 Å². The number of carbonyl (C=O) groups is 2. The molecule has 0 radical (unpaired) electrons. The van der Waals surface area contributed by atoms with E-state index in [1.165, 1.54) is 0 Å². The smallest absolute Gasteiger partial charge is 0.326 e. The lowest BCUT2D eigenvalue weighted by Crippen LogP contribution is -2.42. The molecule has 7 heteroatoms. The Bertz CT molecular complexity index is 736. The Morgan fingerprint density at radius 2 is 2.17 bits per heavy atom. The van der Waals surface area contributed by atoms with E-state index in [0.29, 0.717) is 22.7 Å². The number of fused-ring (bicyclic) bond motifs is 1. The van der Waals surface area contributed by atoms with Crippen LogP contribution in [0.1, 0.15) is 26.2 Å². The molecule has 128 valence electrons. The molecule has 6 nitrogen and oxygen atoms in total. The summed E-state index contributed by atoms with van der Waals surface area (Å²) in [5.41, 5.74) is 0.554. The van der Waals surface area contributed by atoms with Gasteiger partial charge in [0.05, 0.1) is 5.02 Å². The fourth-order valence-electron chi connectivity index (χ4n) is 2.27. The summed E-state index contributed by atoms with van der Waals surface area (Å²) in [6.07, 6.45) is 3.59. The minimum atomic E-state index is -1.05. The number of nitrogens with one attached hydrogen (secondary N) is 1. The van der Waals surface area contributed by atoms with Gasteiger partial charge in [-0.1, -0.05) is 31.4 Å². The number of hydrogen-bond acceptors (Lipinski definition) is 4. The summed E-state index contributed by atoms with van der Waals surface area (Å²) < 4.78 is 5.50. The highest BCUT2D eigenvalue weighted by atomic mass is 35.5. The van der Waals surface area contributed by atoms with Gasteiger partial charge in [0.2, 0.25) is 0 Å². The van der Waals surface area contributed by atoms with Crippen LogP contribution in [0.4, 0.5) is 0 Å². The Morgan fingerprint density at radius 3 is 2.88 bits per heavy atom. The zero-order chi connectivity index (χ0) is 17.5. The molecule has 0 aliphatic rings. The summed E-state index contributed by atoms with van der Waals surface area (Å²) in [5, 5.41) is 12.9. The van der Waals surface area contributed by atoms with Crippen LogP contribution in [0.3, 0.4) is 0 Å². The van der Waals surface area contributed by atoms with Crippen molar-refractivity contribution in [3.05, 3.63) is 35.5 Å². The molecule has 1 aromatic heterocycles. The lowest BCUT2D eigenvalue weighted by atomic mass is 10.1. The molecule has 1 atom stereocenters. The van der Waals surface area contributed by atoms with Crippen LogP contribution >= 0.6 is 11.6 Å². The molecule has 0 saturated carbocycles. The third kappa shape index (κ3) is 4.58. The molecule has 24 heavy (non-hydrogen) atoms. The third-order valence-corrected chi connectivity index (χ3v) is 3.85. The van der Waals surface area contributed by atoms with Gasteiger partial charge in [-0.15, -0.1) is 0 Å². The Hall–Kier alpha value is -2.34. The number of pyridine rings is 1. The minimum absolute atomic E-state index is 0.288. The number of carbonyl (C=O) groups excluding carboxylic acids is 1. The van der Waals surface area contributed by atoms with Crippen molar-refractivity contribution in [2.75, 3.05) is 6.61 Å². The second-order valence-corrected chi connectivity index (χ2v) is 5.74. The van der Waals surface area contributed by atoms with E-state index in [1.54, 1.807) is 24.4 Å². The second-order valence-electron chi connectivity index (χ2n) is 5.33. The number of carboxylic acid groups (broad SMARTS) is 1. The fraction of sp³-hybridized carbons (Fsp3) is 0.353. The SMILES string of the molecule is CCCC[C@H](NC(=O)COc1ccc(Cl)c2cccnc12)C(=O)O. The topological polar surface area (TPSA) is 88.5 Å². The average Bonchev–Trinajstić information content (AvgIpc) is 2.58. The lowest BCUT2D eigenvalue weighted by Gasteiger charge is -2.15. The molecule has 0 aliphatic heterocycles. The van der Waals surface area contributed by atoms with Gasteiger partial charge in [0, 0.05) is 11.6 Å². The molecular weight excluding hydrogens is 332 g/mol. The van der Waals surface area contributed by atoms with Gasteiger partial charge in [0.1, 0.15) is 17.3 Å². The molecular formula is C17H19ClN2O4. The number of nitrogens with zero attached hydrogens (tertiary/aromatic N) is 1. The maximum absolute atomic E-state index is 12.0. The molecule has 0 aliphatic carbocycles. The van der Waals surface area contributed by atoms with Crippen molar-refractivity contribution < 1.29 is 19.4 Å². The number of hydrogen-bond donors (Lipinski definition) is 2. The Kier molecular flexibility index (Phi) is 6.37. The van der Waals surface area contributed by atoms with Crippen molar-refractivity contribution in [2.24, 2.45) is 0 Å².